The fraction of sp³-hybridized carbons (Fsp3) is 0.0588. The van der Waals surface area contributed by atoms with Gasteiger partial charge >= 0.3 is 0 Å². The van der Waals surface area contributed by atoms with Crippen molar-refractivity contribution in [2.24, 2.45) is 5.73 Å². The highest BCUT2D eigenvalue weighted by molar-refractivity contribution is 6.15. The lowest BCUT2D eigenvalue weighted by atomic mass is 9.96. The van der Waals surface area contributed by atoms with Gasteiger partial charge in [0, 0.05) is 11.1 Å². The number of hydrogen-bond donors (Lipinski definition) is 1. The molecule has 21 heavy (non-hydrogen) atoms. The molecule has 0 fully saturated rings. The Morgan fingerprint density at radius 2 is 1.57 bits per heavy atom. The highest BCUT2D eigenvalue weighted by Crippen LogP contribution is 2.36. The van der Waals surface area contributed by atoms with Gasteiger partial charge in [0.2, 0.25) is 5.91 Å². The topological polar surface area (TPSA) is 63.4 Å². The quantitative estimate of drug-likeness (QED) is 0.915. The number of benzene rings is 2. The lowest BCUT2D eigenvalue weighted by Gasteiger charge is -2.21. The number of nitrogens with zero attached hydrogens (tertiary/aromatic N) is 1. The van der Waals surface area contributed by atoms with Crippen molar-refractivity contribution in [3.63, 3.8) is 0 Å². The summed E-state index contributed by atoms with van der Waals surface area (Å²) in [6.45, 7) is 3.95. The van der Waals surface area contributed by atoms with Crippen molar-refractivity contribution in [2.45, 2.75) is 0 Å². The Bertz CT molecular complexity index is 765. The zero-order chi connectivity index (χ0) is 15.0. The predicted octanol–water partition coefficient (Wildman–Crippen LogP) is 2.19. The van der Waals surface area contributed by atoms with E-state index in [1.165, 1.54) is 4.90 Å². The summed E-state index contributed by atoms with van der Waals surface area (Å²) in [7, 11) is 0. The highest BCUT2D eigenvalue weighted by Gasteiger charge is 2.28. The molecule has 2 N–H and O–H groups in total. The van der Waals surface area contributed by atoms with E-state index in [2.05, 4.69) is 6.58 Å². The number of amides is 2. The van der Waals surface area contributed by atoms with Gasteiger partial charge in [-0.15, -0.1) is 0 Å². The molecule has 2 aromatic rings. The average Bonchev–Trinajstić information content (AvgIpc) is 2.58. The molecule has 0 aliphatic carbocycles. The molecule has 1 aliphatic rings. The zero-order valence-electron chi connectivity index (χ0n) is 11.4. The molecule has 0 bridgehead atoms. The highest BCUT2D eigenvalue weighted by atomic mass is 16.2. The van der Waals surface area contributed by atoms with Gasteiger partial charge in [0.1, 0.15) is 6.54 Å². The van der Waals surface area contributed by atoms with E-state index in [-0.39, 0.29) is 12.5 Å². The molecule has 0 saturated carbocycles. The SMILES string of the molecule is C=C1c2ccccc2C(=O)N(CC(N)=O)c2ccccc21. The number of carbonyl (C=O) groups is 2. The van der Waals surface area contributed by atoms with Crippen LogP contribution in [0.2, 0.25) is 0 Å². The van der Waals surface area contributed by atoms with Crippen LogP contribution in [0.5, 0.6) is 0 Å². The lowest BCUT2D eigenvalue weighted by Crippen LogP contribution is -2.38. The second-order valence-electron chi connectivity index (χ2n) is 4.90. The van der Waals surface area contributed by atoms with Crippen molar-refractivity contribution >= 4 is 23.1 Å². The Labute approximate surface area is 122 Å². The number of para-hydroxylation sites is 1. The Morgan fingerprint density at radius 3 is 2.24 bits per heavy atom. The molecule has 0 aromatic heterocycles. The van der Waals surface area contributed by atoms with Gasteiger partial charge in [0.05, 0.1) is 5.69 Å². The molecule has 2 amide bonds. The first-order chi connectivity index (χ1) is 10.1. The summed E-state index contributed by atoms with van der Waals surface area (Å²) in [4.78, 5) is 25.5. The van der Waals surface area contributed by atoms with Crippen LogP contribution in [0.25, 0.3) is 5.57 Å². The minimum absolute atomic E-state index is 0.155. The molecule has 0 unspecified atom stereocenters. The Balaban J connectivity index is 2.28. The van der Waals surface area contributed by atoms with E-state index in [0.29, 0.717) is 11.3 Å². The minimum Gasteiger partial charge on any atom is -0.368 e. The molecule has 3 rings (SSSR count). The van der Waals surface area contributed by atoms with Gasteiger partial charge in [0.15, 0.2) is 0 Å². The van der Waals surface area contributed by atoms with Crippen LogP contribution in [-0.2, 0) is 4.79 Å². The summed E-state index contributed by atoms with van der Waals surface area (Å²) in [6, 6.07) is 14.7. The largest absolute Gasteiger partial charge is 0.368 e. The summed E-state index contributed by atoms with van der Waals surface area (Å²) < 4.78 is 0. The first-order valence-corrected chi connectivity index (χ1v) is 6.57. The van der Waals surface area contributed by atoms with Gasteiger partial charge in [0.25, 0.3) is 5.91 Å². The maximum Gasteiger partial charge on any atom is 0.259 e. The standard InChI is InChI=1S/C17H14N2O2/c1-11-12-6-2-3-8-14(12)17(21)19(10-16(18)20)15-9-5-4-7-13(11)15/h2-9H,1,10H2,(H2,18,20). The van der Waals surface area contributed by atoms with E-state index < -0.39 is 5.91 Å². The normalized spacial score (nSPS) is 13.4. The van der Waals surface area contributed by atoms with E-state index >= 15 is 0 Å². The van der Waals surface area contributed by atoms with Gasteiger partial charge in [-0.25, -0.2) is 0 Å². The minimum atomic E-state index is -0.553. The number of nitrogens with two attached hydrogens (primary N) is 1. The maximum atomic E-state index is 12.8. The zero-order valence-corrected chi connectivity index (χ0v) is 11.4. The third-order valence-electron chi connectivity index (χ3n) is 3.56. The van der Waals surface area contributed by atoms with Gasteiger partial charge in [-0.1, -0.05) is 43.0 Å². The van der Waals surface area contributed by atoms with Crippen LogP contribution in [0, 0.1) is 0 Å². The van der Waals surface area contributed by atoms with Gasteiger partial charge in [-0.05, 0) is 23.3 Å². The summed E-state index contributed by atoms with van der Waals surface area (Å²) in [5.41, 5.74) is 8.85. The monoisotopic (exact) mass is 278 g/mol. The van der Waals surface area contributed by atoms with E-state index in [1.54, 1.807) is 18.2 Å². The van der Waals surface area contributed by atoms with Crippen molar-refractivity contribution in [1.82, 2.24) is 0 Å². The van der Waals surface area contributed by atoms with Gasteiger partial charge in [-0.3, -0.25) is 14.5 Å². The van der Waals surface area contributed by atoms with Crippen LogP contribution in [0.1, 0.15) is 21.5 Å². The Morgan fingerprint density at radius 1 is 1.00 bits per heavy atom. The van der Waals surface area contributed by atoms with Crippen LogP contribution in [-0.4, -0.2) is 18.4 Å². The number of carbonyl (C=O) groups excluding carboxylic acids is 2. The fourth-order valence-corrected chi connectivity index (χ4v) is 2.61. The second-order valence-corrected chi connectivity index (χ2v) is 4.90. The van der Waals surface area contributed by atoms with Crippen LogP contribution in [0.4, 0.5) is 5.69 Å². The van der Waals surface area contributed by atoms with E-state index in [9.17, 15) is 9.59 Å². The van der Waals surface area contributed by atoms with E-state index in [0.717, 1.165) is 16.7 Å². The average molecular weight is 278 g/mol. The molecular weight excluding hydrogens is 264 g/mol. The number of fused-ring (bicyclic) bond motifs is 2. The number of primary amides is 1. The summed E-state index contributed by atoms with van der Waals surface area (Å²) in [5, 5.41) is 0. The molecule has 2 aromatic carbocycles. The molecule has 0 saturated heterocycles. The number of anilines is 1. The van der Waals surface area contributed by atoms with E-state index in [4.69, 9.17) is 5.73 Å². The van der Waals surface area contributed by atoms with Crippen LogP contribution >= 0.6 is 0 Å². The van der Waals surface area contributed by atoms with Crippen molar-refractivity contribution < 1.29 is 9.59 Å². The summed E-state index contributed by atoms with van der Waals surface area (Å²) in [5.74, 6) is -0.793. The third-order valence-corrected chi connectivity index (χ3v) is 3.56. The third kappa shape index (κ3) is 2.10. The van der Waals surface area contributed by atoms with Crippen molar-refractivity contribution in [3.05, 3.63) is 71.8 Å². The molecule has 4 heteroatoms. The van der Waals surface area contributed by atoms with E-state index in [1.807, 2.05) is 30.3 Å². The fourth-order valence-electron chi connectivity index (χ4n) is 2.61. The molecule has 0 radical (unpaired) electrons. The lowest BCUT2D eigenvalue weighted by molar-refractivity contribution is -0.116. The van der Waals surface area contributed by atoms with Crippen LogP contribution < -0.4 is 10.6 Å². The summed E-state index contributed by atoms with van der Waals surface area (Å²) in [6.07, 6.45) is 0. The number of rotatable bonds is 2. The first-order valence-electron chi connectivity index (χ1n) is 6.57. The van der Waals surface area contributed by atoms with Gasteiger partial charge < -0.3 is 5.73 Å². The summed E-state index contributed by atoms with van der Waals surface area (Å²) >= 11 is 0. The second kappa shape index (κ2) is 4.90. The maximum absolute atomic E-state index is 12.8. The van der Waals surface area contributed by atoms with Crippen molar-refractivity contribution in [3.8, 4) is 0 Å². The Hall–Kier alpha value is -2.88. The molecule has 0 spiro atoms. The smallest absolute Gasteiger partial charge is 0.259 e. The van der Waals surface area contributed by atoms with Crippen molar-refractivity contribution in [2.75, 3.05) is 11.4 Å². The first kappa shape index (κ1) is 13.1. The molecule has 1 heterocycles. The molecule has 0 atom stereocenters. The number of hydrogen-bond acceptors (Lipinski definition) is 2. The predicted molar refractivity (Wildman–Crippen MR) is 81.9 cm³/mol. The molecular formula is C17H14N2O2. The molecule has 104 valence electrons. The van der Waals surface area contributed by atoms with Crippen LogP contribution in [0.15, 0.2) is 55.1 Å². The molecule has 4 nitrogen and oxygen atoms in total. The van der Waals surface area contributed by atoms with Gasteiger partial charge in [-0.2, -0.15) is 0 Å². The van der Waals surface area contributed by atoms with Crippen molar-refractivity contribution in [1.29, 1.82) is 0 Å². The molecule has 1 aliphatic heterocycles. The Kier molecular flexibility index (Phi) is 3.06. The van der Waals surface area contributed by atoms with Crippen LogP contribution in [0.3, 0.4) is 0 Å².